The van der Waals surface area contributed by atoms with E-state index in [0.29, 0.717) is 0 Å². The minimum Gasteiger partial charge on any atom is -0.508 e. The van der Waals surface area contributed by atoms with Crippen LogP contribution in [0, 0.1) is 0 Å². The third-order valence-corrected chi connectivity index (χ3v) is 7.21. The van der Waals surface area contributed by atoms with Crippen molar-refractivity contribution in [2.45, 2.75) is 61.4 Å². The van der Waals surface area contributed by atoms with Crippen LogP contribution in [0.25, 0.3) is 22.3 Å². The molecule has 2 aliphatic heterocycles. The van der Waals surface area contributed by atoms with Gasteiger partial charge in [-0.05, 0) is 24.3 Å². The smallest absolute Gasteiger partial charge is 0.239 e. The van der Waals surface area contributed by atoms with Crippen LogP contribution >= 0.6 is 0 Å². The molecule has 5 rings (SSSR count). The molecule has 2 unspecified atom stereocenters. The number of fused-ring (bicyclic) bond motifs is 1. The third kappa shape index (κ3) is 5.73. The van der Waals surface area contributed by atoms with Crippen LogP contribution in [0.4, 0.5) is 0 Å². The van der Waals surface area contributed by atoms with E-state index in [2.05, 4.69) is 0 Å². The largest absolute Gasteiger partial charge is 0.508 e. The fourth-order valence-electron chi connectivity index (χ4n) is 4.83. The summed E-state index contributed by atoms with van der Waals surface area (Å²) in [6.07, 6.45) is -17.2. The first-order valence-electron chi connectivity index (χ1n) is 13.0. The summed E-state index contributed by atoms with van der Waals surface area (Å²) in [5.74, 6) is -1.99. The highest BCUT2D eigenvalue weighted by Crippen LogP contribution is 2.39. The Morgan fingerprint density at radius 3 is 1.74 bits per heavy atom. The summed E-state index contributed by atoms with van der Waals surface area (Å²) < 4.78 is 28.0. The minimum absolute atomic E-state index is 0.129. The first kappa shape index (κ1) is 30.9. The number of hydrogen-bond donors (Lipinski definition) is 10. The van der Waals surface area contributed by atoms with Gasteiger partial charge in [0.1, 0.15) is 77.0 Å². The Labute approximate surface area is 241 Å². The second-order valence-electron chi connectivity index (χ2n) is 10.1. The van der Waals surface area contributed by atoms with Crippen molar-refractivity contribution in [1.29, 1.82) is 0 Å². The van der Waals surface area contributed by atoms with Crippen molar-refractivity contribution in [3.63, 3.8) is 0 Å². The van der Waals surface area contributed by atoms with Gasteiger partial charge >= 0.3 is 0 Å². The van der Waals surface area contributed by atoms with E-state index >= 15 is 0 Å². The zero-order valence-electron chi connectivity index (χ0n) is 22.1. The van der Waals surface area contributed by atoms with Gasteiger partial charge in [-0.1, -0.05) is 0 Å². The number of aromatic hydroxyl groups is 2. The van der Waals surface area contributed by atoms with Crippen molar-refractivity contribution in [2.75, 3.05) is 13.2 Å². The molecule has 10 atom stereocenters. The predicted octanol–water partition coefficient (Wildman–Crippen LogP) is -2.77. The van der Waals surface area contributed by atoms with Crippen LogP contribution in [-0.4, -0.2) is 126 Å². The van der Waals surface area contributed by atoms with Crippen molar-refractivity contribution >= 4 is 11.0 Å². The van der Waals surface area contributed by atoms with Crippen LogP contribution in [0.3, 0.4) is 0 Å². The molecule has 16 heteroatoms. The van der Waals surface area contributed by atoms with Crippen molar-refractivity contribution in [1.82, 2.24) is 0 Å². The monoisotopic (exact) mass is 610 g/mol. The Balaban J connectivity index is 1.64. The average molecular weight is 611 g/mol. The fourth-order valence-corrected chi connectivity index (χ4v) is 4.83. The normalized spacial score (nSPS) is 32.9. The van der Waals surface area contributed by atoms with Gasteiger partial charge in [-0.3, -0.25) is 4.79 Å². The van der Waals surface area contributed by atoms with Gasteiger partial charge in [0.05, 0.1) is 13.2 Å². The van der Waals surface area contributed by atoms with Gasteiger partial charge in [0.15, 0.2) is 5.76 Å². The highest BCUT2D eigenvalue weighted by Gasteiger charge is 2.46. The Bertz CT molecular complexity index is 1490. The number of rotatable bonds is 7. The Kier molecular flexibility index (Phi) is 8.77. The Hall–Kier alpha value is -3.55. The summed E-state index contributed by atoms with van der Waals surface area (Å²) in [5, 5.41) is 100. The van der Waals surface area contributed by atoms with Crippen LogP contribution in [0.5, 0.6) is 23.0 Å². The molecule has 43 heavy (non-hydrogen) atoms. The van der Waals surface area contributed by atoms with E-state index in [1.807, 2.05) is 0 Å². The second kappa shape index (κ2) is 12.2. The molecule has 2 aromatic carbocycles. The maximum atomic E-state index is 14.0. The third-order valence-electron chi connectivity index (χ3n) is 7.21. The maximum absolute atomic E-state index is 14.0. The van der Waals surface area contributed by atoms with Crippen LogP contribution in [0.15, 0.2) is 45.6 Å². The van der Waals surface area contributed by atoms with E-state index < -0.39 is 103 Å². The zero-order valence-corrected chi connectivity index (χ0v) is 22.1. The van der Waals surface area contributed by atoms with Crippen LogP contribution < -0.4 is 14.9 Å². The molecule has 2 saturated heterocycles. The molecular weight excluding hydrogens is 580 g/mol. The number of ether oxygens (including phenoxy) is 4. The highest BCUT2D eigenvalue weighted by atomic mass is 16.7. The van der Waals surface area contributed by atoms with E-state index in [9.17, 15) is 55.9 Å². The molecule has 3 aromatic rings. The van der Waals surface area contributed by atoms with Gasteiger partial charge < -0.3 is 74.4 Å². The molecule has 10 N–H and O–H groups in total. The predicted molar refractivity (Wildman–Crippen MR) is 140 cm³/mol. The highest BCUT2D eigenvalue weighted by molar-refractivity contribution is 5.88. The van der Waals surface area contributed by atoms with Gasteiger partial charge in [0, 0.05) is 17.7 Å². The number of aliphatic hydroxyl groups is 8. The molecule has 0 spiro atoms. The maximum Gasteiger partial charge on any atom is 0.239 e. The van der Waals surface area contributed by atoms with E-state index in [-0.39, 0.29) is 22.7 Å². The summed E-state index contributed by atoms with van der Waals surface area (Å²) in [6.45, 7) is -1.54. The van der Waals surface area contributed by atoms with Crippen LogP contribution in [0.1, 0.15) is 0 Å². The number of aliphatic hydroxyl groups excluding tert-OH is 8. The van der Waals surface area contributed by atoms with E-state index in [1.165, 1.54) is 24.3 Å². The molecule has 0 aliphatic carbocycles. The Morgan fingerprint density at radius 1 is 0.674 bits per heavy atom. The molecule has 3 heterocycles. The molecule has 0 radical (unpaired) electrons. The van der Waals surface area contributed by atoms with E-state index in [4.69, 9.17) is 23.4 Å². The molecule has 234 valence electrons. The van der Waals surface area contributed by atoms with Crippen molar-refractivity contribution in [3.8, 4) is 34.3 Å². The van der Waals surface area contributed by atoms with E-state index in [1.54, 1.807) is 0 Å². The average Bonchev–Trinajstić information content (AvgIpc) is 2.98. The van der Waals surface area contributed by atoms with Gasteiger partial charge in [-0.25, -0.2) is 0 Å². The number of phenolic OH excluding ortho intramolecular Hbond substituents is 2. The number of phenols is 2. The van der Waals surface area contributed by atoms with Crippen LogP contribution in [-0.2, 0) is 9.47 Å². The summed E-state index contributed by atoms with van der Waals surface area (Å²) >= 11 is 0. The summed E-state index contributed by atoms with van der Waals surface area (Å²) in [7, 11) is 0. The lowest BCUT2D eigenvalue weighted by atomic mass is 9.99. The van der Waals surface area contributed by atoms with Crippen molar-refractivity contribution < 1.29 is 74.4 Å². The fraction of sp³-hybridized carbons (Fsp3) is 0.444. The first-order chi connectivity index (χ1) is 20.4. The van der Waals surface area contributed by atoms with Crippen molar-refractivity contribution in [2.24, 2.45) is 0 Å². The lowest BCUT2D eigenvalue weighted by molar-refractivity contribution is -0.277. The molecule has 16 nitrogen and oxygen atoms in total. The number of hydrogen-bond acceptors (Lipinski definition) is 16. The summed E-state index contributed by atoms with van der Waals surface area (Å²) in [6, 6.07) is 7.26. The van der Waals surface area contributed by atoms with Gasteiger partial charge in [-0.15, -0.1) is 0 Å². The quantitative estimate of drug-likeness (QED) is 0.130. The van der Waals surface area contributed by atoms with Crippen LogP contribution in [0.2, 0.25) is 0 Å². The number of benzene rings is 2. The molecule has 0 bridgehead atoms. The van der Waals surface area contributed by atoms with Crippen molar-refractivity contribution in [3.05, 3.63) is 46.6 Å². The molecule has 0 saturated carbocycles. The minimum atomic E-state index is -1.91. The zero-order chi connectivity index (χ0) is 31.2. The standard InChI is InChI=1S/C27H30O16/c28-7-14-17(32)20(35)22(37)26(41-14)40-13-6-11(31)5-12-16(13)19(34)25(24(39-12)9-1-3-10(30)4-2-9)43-27-23(38)21(36)18(33)15(8-29)42-27/h1-6,14-15,17-18,20-23,26-33,35-38H,7-8H2/t14-,15-,17+,18+,20+,21+,22-,23-,26?,27?/m1/s1. The van der Waals surface area contributed by atoms with Gasteiger partial charge in [0.25, 0.3) is 0 Å². The molecule has 1 aromatic heterocycles. The van der Waals surface area contributed by atoms with Gasteiger partial charge in [-0.2, -0.15) is 0 Å². The Morgan fingerprint density at radius 2 is 1.21 bits per heavy atom. The molecule has 2 fully saturated rings. The van der Waals surface area contributed by atoms with Gasteiger partial charge in [0.2, 0.25) is 23.8 Å². The van der Waals surface area contributed by atoms with E-state index in [0.717, 1.165) is 12.1 Å². The molecule has 0 amide bonds. The second-order valence-corrected chi connectivity index (χ2v) is 10.1. The summed E-state index contributed by atoms with van der Waals surface area (Å²) in [5.41, 5.74) is -1.12. The summed E-state index contributed by atoms with van der Waals surface area (Å²) in [4.78, 5) is 14.0. The first-order valence-corrected chi connectivity index (χ1v) is 13.0. The lowest BCUT2D eigenvalue weighted by Gasteiger charge is -2.39. The topological polar surface area (TPSA) is 269 Å². The molecular formula is C27H30O16. The molecule has 2 aliphatic rings. The lowest BCUT2D eigenvalue weighted by Crippen LogP contribution is -2.60. The SMILES string of the molecule is O=c1c(OC2O[C@H](CO)[C@H](O)[C@H](O)[C@H]2O)c(-c2ccc(O)cc2)oc2cc(O)cc(OC3O[C@H](CO)[C@H](O)[C@H](O)[C@H]3O)c12.